The lowest BCUT2D eigenvalue weighted by Gasteiger charge is -2.24. The summed E-state index contributed by atoms with van der Waals surface area (Å²) in [5.41, 5.74) is 1.85. The van der Waals surface area contributed by atoms with E-state index in [0.717, 1.165) is 16.3 Å². The molecule has 0 fully saturated rings. The molecule has 0 saturated carbocycles. The number of amides is 1. The van der Waals surface area contributed by atoms with Crippen molar-refractivity contribution < 1.29 is 19.4 Å². The number of phenolic OH excluding ortho intramolecular Hbond substituents is 1. The SMILES string of the molecule is COc1ccc(C(=O)N[C@@H](c2ccccc2OC)c2c(O)ccc3ccccc23)cc1. The Morgan fingerprint density at radius 1 is 0.839 bits per heavy atom. The number of hydrogen-bond acceptors (Lipinski definition) is 4. The Bertz CT molecular complexity index is 1220. The number of nitrogens with one attached hydrogen (secondary N) is 1. The van der Waals surface area contributed by atoms with E-state index in [0.29, 0.717) is 22.6 Å². The first-order valence-corrected chi connectivity index (χ1v) is 9.91. The summed E-state index contributed by atoms with van der Waals surface area (Å²) < 4.78 is 10.7. The number of para-hydroxylation sites is 1. The van der Waals surface area contributed by atoms with Crippen LogP contribution in [-0.2, 0) is 0 Å². The molecule has 0 aliphatic rings. The van der Waals surface area contributed by atoms with Crippen molar-refractivity contribution in [2.24, 2.45) is 0 Å². The van der Waals surface area contributed by atoms with Crippen molar-refractivity contribution in [1.82, 2.24) is 5.32 Å². The van der Waals surface area contributed by atoms with Crippen LogP contribution in [0.3, 0.4) is 0 Å². The van der Waals surface area contributed by atoms with Gasteiger partial charge in [0.2, 0.25) is 0 Å². The maximum absolute atomic E-state index is 13.2. The summed E-state index contributed by atoms with van der Waals surface area (Å²) in [5, 5.41) is 15.8. The molecule has 0 spiro atoms. The zero-order valence-electron chi connectivity index (χ0n) is 17.3. The Kier molecular flexibility index (Phi) is 5.76. The van der Waals surface area contributed by atoms with E-state index in [1.54, 1.807) is 44.6 Å². The minimum atomic E-state index is -0.628. The van der Waals surface area contributed by atoms with E-state index in [9.17, 15) is 9.90 Å². The quantitative estimate of drug-likeness (QED) is 0.462. The number of hydrogen-bond donors (Lipinski definition) is 2. The molecule has 156 valence electrons. The standard InChI is InChI=1S/C26H23NO4/c1-30-19-14-11-18(12-15-19)26(29)27-25(21-9-5-6-10-23(21)31-2)24-20-8-4-3-7-17(20)13-16-22(24)28/h3-16,25,28H,1-2H3,(H,27,29)/t25-/m0/s1. The molecule has 4 rings (SSSR count). The van der Waals surface area contributed by atoms with Gasteiger partial charge in [-0.25, -0.2) is 0 Å². The first-order valence-electron chi connectivity index (χ1n) is 9.91. The lowest BCUT2D eigenvalue weighted by Crippen LogP contribution is -2.30. The molecule has 31 heavy (non-hydrogen) atoms. The number of carbonyl (C=O) groups excluding carboxylic acids is 1. The molecular formula is C26H23NO4. The predicted molar refractivity (Wildman–Crippen MR) is 121 cm³/mol. The molecule has 0 saturated heterocycles. The molecule has 1 amide bonds. The van der Waals surface area contributed by atoms with Crippen LogP contribution < -0.4 is 14.8 Å². The lowest BCUT2D eigenvalue weighted by atomic mass is 9.92. The normalized spacial score (nSPS) is 11.7. The Balaban J connectivity index is 1.85. The molecule has 1 atom stereocenters. The minimum Gasteiger partial charge on any atom is -0.508 e. The van der Waals surface area contributed by atoms with E-state index in [-0.39, 0.29) is 11.7 Å². The molecule has 5 heteroatoms. The van der Waals surface area contributed by atoms with Gasteiger partial charge in [0.1, 0.15) is 17.2 Å². The Morgan fingerprint density at radius 2 is 1.55 bits per heavy atom. The van der Waals surface area contributed by atoms with Crippen LogP contribution in [0.2, 0.25) is 0 Å². The summed E-state index contributed by atoms with van der Waals surface area (Å²) >= 11 is 0. The molecule has 4 aromatic rings. The van der Waals surface area contributed by atoms with Crippen LogP contribution in [0.5, 0.6) is 17.2 Å². The second-order valence-corrected chi connectivity index (χ2v) is 7.10. The molecule has 5 nitrogen and oxygen atoms in total. The van der Waals surface area contributed by atoms with Gasteiger partial charge in [0, 0.05) is 16.7 Å². The maximum Gasteiger partial charge on any atom is 0.252 e. The van der Waals surface area contributed by atoms with Crippen LogP contribution >= 0.6 is 0 Å². The van der Waals surface area contributed by atoms with Crippen LogP contribution in [0, 0.1) is 0 Å². The smallest absolute Gasteiger partial charge is 0.252 e. The molecule has 0 radical (unpaired) electrons. The largest absolute Gasteiger partial charge is 0.508 e. The zero-order chi connectivity index (χ0) is 21.8. The van der Waals surface area contributed by atoms with Gasteiger partial charge in [0.15, 0.2) is 0 Å². The van der Waals surface area contributed by atoms with Gasteiger partial charge in [-0.1, -0.05) is 48.5 Å². The van der Waals surface area contributed by atoms with E-state index in [2.05, 4.69) is 5.32 Å². The first-order chi connectivity index (χ1) is 15.1. The summed E-state index contributed by atoms with van der Waals surface area (Å²) in [6, 6.07) is 25.0. The minimum absolute atomic E-state index is 0.102. The number of carbonyl (C=O) groups is 1. The van der Waals surface area contributed by atoms with Crippen LogP contribution in [0.25, 0.3) is 10.8 Å². The summed E-state index contributed by atoms with van der Waals surface area (Å²) in [5.74, 6) is 1.12. The van der Waals surface area contributed by atoms with Crippen LogP contribution in [-0.4, -0.2) is 25.2 Å². The molecule has 0 aliphatic carbocycles. The monoisotopic (exact) mass is 413 g/mol. The molecule has 0 aromatic heterocycles. The van der Waals surface area contributed by atoms with Crippen molar-refractivity contribution >= 4 is 16.7 Å². The Hall–Kier alpha value is -3.99. The van der Waals surface area contributed by atoms with Gasteiger partial charge >= 0.3 is 0 Å². The fraction of sp³-hybridized carbons (Fsp3) is 0.115. The van der Waals surface area contributed by atoms with Crippen molar-refractivity contribution in [2.45, 2.75) is 6.04 Å². The average Bonchev–Trinajstić information content (AvgIpc) is 2.83. The van der Waals surface area contributed by atoms with Crippen LogP contribution in [0.15, 0.2) is 84.9 Å². The number of aromatic hydroxyl groups is 1. The molecular weight excluding hydrogens is 390 g/mol. The highest BCUT2D eigenvalue weighted by molar-refractivity contribution is 5.96. The van der Waals surface area contributed by atoms with Crippen molar-refractivity contribution in [3.63, 3.8) is 0 Å². The Labute approximate surface area is 180 Å². The van der Waals surface area contributed by atoms with Crippen molar-refractivity contribution in [2.75, 3.05) is 14.2 Å². The van der Waals surface area contributed by atoms with Gasteiger partial charge in [-0.05, 0) is 47.2 Å². The van der Waals surface area contributed by atoms with Crippen LogP contribution in [0.4, 0.5) is 0 Å². The third-order valence-electron chi connectivity index (χ3n) is 5.31. The topological polar surface area (TPSA) is 67.8 Å². The third-order valence-corrected chi connectivity index (χ3v) is 5.31. The van der Waals surface area contributed by atoms with Gasteiger partial charge < -0.3 is 19.9 Å². The van der Waals surface area contributed by atoms with E-state index >= 15 is 0 Å². The number of phenols is 1. The van der Waals surface area contributed by atoms with E-state index in [1.165, 1.54) is 0 Å². The van der Waals surface area contributed by atoms with E-state index in [4.69, 9.17) is 9.47 Å². The molecule has 0 unspecified atom stereocenters. The molecule has 0 aliphatic heterocycles. The second-order valence-electron chi connectivity index (χ2n) is 7.10. The maximum atomic E-state index is 13.2. The summed E-state index contributed by atoms with van der Waals surface area (Å²) in [7, 11) is 3.17. The van der Waals surface area contributed by atoms with Gasteiger partial charge in [-0.3, -0.25) is 4.79 Å². The first kappa shape index (κ1) is 20.3. The predicted octanol–water partition coefficient (Wildman–Crippen LogP) is 5.08. The molecule has 0 bridgehead atoms. The number of ether oxygens (including phenoxy) is 2. The molecule has 4 aromatic carbocycles. The van der Waals surface area contributed by atoms with E-state index < -0.39 is 6.04 Å². The van der Waals surface area contributed by atoms with E-state index in [1.807, 2.05) is 54.6 Å². The van der Waals surface area contributed by atoms with Gasteiger partial charge in [0.25, 0.3) is 5.91 Å². The van der Waals surface area contributed by atoms with Crippen molar-refractivity contribution in [3.05, 3.63) is 102 Å². The van der Waals surface area contributed by atoms with Crippen molar-refractivity contribution in [1.29, 1.82) is 0 Å². The van der Waals surface area contributed by atoms with Gasteiger partial charge in [-0.2, -0.15) is 0 Å². The van der Waals surface area contributed by atoms with Crippen molar-refractivity contribution in [3.8, 4) is 17.2 Å². The number of benzene rings is 4. The summed E-state index contributed by atoms with van der Waals surface area (Å²) in [4.78, 5) is 13.2. The van der Waals surface area contributed by atoms with Gasteiger partial charge in [0.05, 0.1) is 20.3 Å². The van der Waals surface area contributed by atoms with Crippen LogP contribution in [0.1, 0.15) is 27.5 Å². The third kappa shape index (κ3) is 4.03. The highest BCUT2D eigenvalue weighted by Gasteiger charge is 2.25. The lowest BCUT2D eigenvalue weighted by molar-refractivity contribution is 0.0942. The second kappa shape index (κ2) is 8.79. The fourth-order valence-electron chi connectivity index (χ4n) is 3.75. The highest BCUT2D eigenvalue weighted by atomic mass is 16.5. The number of rotatable bonds is 6. The van der Waals surface area contributed by atoms with Gasteiger partial charge in [-0.15, -0.1) is 0 Å². The fourth-order valence-corrected chi connectivity index (χ4v) is 3.75. The number of methoxy groups -OCH3 is 2. The highest BCUT2D eigenvalue weighted by Crippen LogP contribution is 2.39. The average molecular weight is 413 g/mol. The molecule has 2 N–H and O–H groups in total. The molecule has 0 heterocycles. The Morgan fingerprint density at radius 3 is 2.29 bits per heavy atom. The summed E-state index contributed by atoms with van der Waals surface area (Å²) in [6.45, 7) is 0. The zero-order valence-corrected chi connectivity index (χ0v) is 17.3. The summed E-state index contributed by atoms with van der Waals surface area (Å²) in [6.07, 6.45) is 0. The number of fused-ring (bicyclic) bond motifs is 1.